The van der Waals surface area contributed by atoms with Crippen LogP contribution in [0.5, 0.6) is 0 Å². The summed E-state index contributed by atoms with van der Waals surface area (Å²) in [4.78, 5) is 32.3. The maximum absolute atomic E-state index is 13.4. The number of piperidine rings is 3. The number of aromatic nitrogens is 1. The number of pyridine rings is 1. The fourth-order valence-electron chi connectivity index (χ4n) is 6.47. The third-order valence-corrected chi connectivity index (χ3v) is 8.62. The van der Waals surface area contributed by atoms with E-state index in [4.69, 9.17) is 0 Å². The van der Waals surface area contributed by atoms with Crippen molar-refractivity contribution in [1.29, 1.82) is 0 Å². The third-order valence-electron chi connectivity index (χ3n) is 8.62. The second-order valence-electron chi connectivity index (χ2n) is 11.1. The maximum Gasteiger partial charge on any atom is 0.416 e. The molecule has 3 aromatic carbocycles. The zero-order valence-electron chi connectivity index (χ0n) is 22.6. The van der Waals surface area contributed by atoms with Gasteiger partial charge in [0.25, 0.3) is 10.9 Å². The van der Waals surface area contributed by atoms with Crippen LogP contribution < -0.4 is 21.5 Å². The lowest BCUT2D eigenvalue weighted by molar-refractivity contribution is -0.143. The highest BCUT2D eigenvalue weighted by molar-refractivity contribution is 5.84. The number of benzene rings is 2. The number of alkyl halides is 6. The Morgan fingerprint density at radius 2 is 1.63 bits per heavy atom. The molecule has 2 unspecified atom stereocenters. The van der Waals surface area contributed by atoms with E-state index in [0.717, 1.165) is 36.9 Å². The highest BCUT2D eigenvalue weighted by Gasteiger charge is 2.44. The lowest BCUT2D eigenvalue weighted by atomic mass is 9.73. The first-order valence-corrected chi connectivity index (χ1v) is 13.7. The molecule has 3 saturated heterocycles. The van der Waals surface area contributed by atoms with Gasteiger partial charge in [-0.3, -0.25) is 19.5 Å². The number of hydrogen-bond acceptors (Lipinski definition) is 6. The lowest BCUT2D eigenvalue weighted by Gasteiger charge is -2.52. The van der Waals surface area contributed by atoms with Crippen LogP contribution in [-0.4, -0.2) is 29.0 Å². The second kappa shape index (κ2) is 10.5. The number of nitrogens with zero attached hydrogens (tertiary/aromatic N) is 2. The van der Waals surface area contributed by atoms with E-state index in [1.807, 2.05) is 36.4 Å². The van der Waals surface area contributed by atoms with Gasteiger partial charge in [-0.05, 0) is 67.1 Å². The predicted molar refractivity (Wildman–Crippen MR) is 151 cm³/mol. The van der Waals surface area contributed by atoms with Crippen molar-refractivity contribution in [2.45, 2.75) is 37.3 Å². The largest absolute Gasteiger partial charge is 0.416 e. The first-order valence-electron chi connectivity index (χ1n) is 13.7. The molecule has 0 radical (unpaired) electrons. The van der Waals surface area contributed by atoms with Crippen molar-refractivity contribution in [3.8, 4) is 0 Å². The van der Waals surface area contributed by atoms with Gasteiger partial charge in [0.05, 0.1) is 22.7 Å². The Morgan fingerprint density at radius 1 is 0.953 bits per heavy atom. The van der Waals surface area contributed by atoms with Crippen LogP contribution in [0, 0.1) is 11.8 Å². The molecular weight excluding hydrogens is 574 g/mol. The second-order valence-corrected chi connectivity index (χ2v) is 11.1. The molecule has 6 nitrogen and oxygen atoms in total. The van der Waals surface area contributed by atoms with Crippen LogP contribution in [0.25, 0.3) is 10.9 Å². The predicted octanol–water partition coefficient (Wildman–Crippen LogP) is 6.66. The summed E-state index contributed by atoms with van der Waals surface area (Å²) >= 11 is 0. The van der Waals surface area contributed by atoms with Gasteiger partial charge < -0.3 is 10.6 Å². The highest BCUT2D eigenvalue weighted by atomic mass is 19.4. The number of anilines is 3. The van der Waals surface area contributed by atoms with Crippen LogP contribution in [0.15, 0.2) is 77.0 Å². The molecule has 43 heavy (non-hydrogen) atoms. The summed E-state index contributed by atoms with van der Waals surface area (Å²) in [5.74, 6) is 0.646. The zero-order valence-corrected chi connectivity index (χ0v) is 22.6. The van der Waals surface area contributed by atoms with Gasteiger partial charge in [-0.15, -0.1) is 6.58 Å². The van der Waals surface area contributed by atoms with E-state index in [-0.39, 0.29) is 23.5 Å². The van der Waals surface area contributed by atoms with E-state index in [0.29, 0.717) is 29.5 Å². The summed E-state index contributed by atoms with van der Waals surface area (Å²) < 4.78 is 80.7. The molecule has 224 valence electrons. The monoisotopic (exact) mass is 600 g/mol. The van der Waals surface area contributed by atoms with Gasteiger partial charge in [0.2, 0.25) is 0 Å². The lowest BCUT2D eigenvalue weighted by Crippen LogP contribution is -2.56. The summed E-state index contributed by atoms with van der Waals surface area (Å²) in [5.41, 5.74) is -4.71. The third kappa shape index (κ3) is 5.28. The Kier molecular flexibility index (Phi) is 7.07. The summed E-state index contributed by atoms with van der Waals surface area (Å²) in [6, 6.07) is 9.52. The topological polar surface area (TPSA) is 74.3 Å². The SMILES string of the molecule is C=CC1CN2CC[C@H]1C[C@@H]2[C@H](Nc1c(Nc2cc(C(F)(F)F)cc(C(F)(F)F)c2)c(=O)c1=O)c1ccnc2ccccc12. The molecule has 3 aliphatic rings. The minimum Gasteiger partial charge on any atom is -0.372 e. The van der Waals surface area contributed by atoms with Gasteiger partial charge in [-0.2, -0.15) is 26.3 Å². The number of nitrogens with one attached hydrogen (secondary N) is 2. The molecule has 0 aliphatic carbocycles. The molecule has 0 saturated carbocycles. The van der Waals surface area contributed by atoms with Crippen molar-refractivity contribution in [2.75, 3.05) is 23.7 Å². The molecule has 3 aliphatic heterocycles. The van der Waals surface area contributed by atoms with Gasteiger partial charge in [0, 0.05) is 29.9 Å². The van der Waals surface area contributed by atoms with Crippen molar-refractivity contribution in [3.05, 3.63) is 105 Å². The van der Waals surface area contributed by atoms with E-state index >= 15 is 0 Å². The quantitative estimate of drug-likeness (QED) is 0.140. The molecular formula is C31H26F6N4O2. The summed E-state index contributed by atoms with van der Waals surface area (Å²) in [5, 5.41) is 6.40. The average molecular weight is 601 g/mol. The fraction of sp³-hybridized carbons (Fsp3) is 0.323. The van der Waals surface area contributed by atoms with Crippen molar-refractivity contribution >= 4 is 28.0 Å². The fourth-order valence-corrected chi connectivity index (χ4v) is 6.47. The molecule has 0 spiro atoms. The Morgan fingerprint density at radius 3 is 2.26 bits per heavy atom. The molecule has 1 aromatic heterocycles. The molecule has 4 heterocycles. The summed E-state index contributed by atoms with van der Waals surface area (Å²) in [7, 11) is 0. The van der Waals surface area contributed by atoms with Crippen molar-refractivity contribution in [2.24, 2.45) is 11.8 Å². The van der Waals surface area contributed by atoms with Crippen LogP contribution in [0.4, 0.5) is 43.4 Å². The van der Waals surface area contributed by atoms with Crippen molar-refractivity contribution < 1.29 is 26.3 Å². The first-order chi connectivity index (χ1) is 20.3. The van der Waals surface area contributed by atoms with Crippen LogP contribution in [0.2, 0.25) is 0 Å². The summed E-state index contributed by atoms with van der Waals surface area (Å²) in [6.45, 7) is 5.52. The normalized spacial score (nSPS) is 22.9. The van der Waals surface area contributed by atoms with Crippen molar-refractivity contribution in [3.63, 3.8) is 0 Å². The van der Waals surface area contributed by atoms with Gasteiger partial charge in [0.15, 0.2) is 0 Å². The van der Waals surface area contributed by atoms with E-state index in [9.17, 15) is 35.9 Å². The summed E-state index contributed by atoms with van der Waals surface area (Å²) in [6.07, 6.45) is -4.83. The van der Waals surface area contributed by atoms with E-state index < -0.39 is 46.1 Å². The first kappa shape index (κ1) is 28.9. The average Bonchev–Trinajstić information content (AvgIpc) is 2.99. The van der Waals surface area contributed by atoms with Crippen LogP contribution in [0.3, 0.4) is 0 Å². The molecule has 2 N–H and O–H groups in total. The van der Waals surface area contributed by atoms with Crippen LogP contribution in [-0.2, 0) is 12.4 Å². The Balaban J connectivity index is 1.41. The van der Waals surface area contributed by atoms with E-state index in [1.54, 1.807) is 6.20 Å². The maximum atomic E-state index is 13.4. The Labute approximate surface area is 241 Å². The Hall–Kier alpha value is -4.19. The number of rotatable bonds is 7. The zero-order chi connectivity index (χ0) is 30.7. The van der Waals surface area contributed by atoms with Gasteiger partial charge in [-0.25, -0.2) is 0 Å². The number of halogens is 6. The Bertz CT molecular complexity index is 1740. The smallest absolute Gasteiger partial charge is 0.372 e. The van der Waals surface area contributed by atoms with Crippen LogP contribution in [0.1, 0.15) is 35.6 Å². The minimum atomic E-state index is -5.07. The van der Waals surface area contributed by atoms with Gasteiger partial charge in [0.1, 0.15) is 11.4 Å². The molecule has 3 fully saturated rings. The molecule has 5 atom stereocenters. The van der Waals surface area contributed by atoms with Gasteiger partial charge >= 0.3 is 12.4 Å². The van der Waals surface area contributed by atoms with Gasteiger partial charge in [-0.1, -0.05) is 24.3 Å². The number of hydrogen-bond donors (Lipinski definition) is 2. The molecule has 7 rings (SSSR count). The van der Waals surface area contributed by atoms with Crippen LogP contribution >= 0.6 is 0 Å². The van der Waals surface area contributed by atoms with E-state index in [2.05, 4.69) is 27.1 Å². The molecule has 0 amide bonds. The molecule has 4 aromatic rings. The number of fused-ring (bicyclic) bond motifs is 4. The van der Waals surface area contributed by atoms with E-state index in [1.165, 1.54) is 0 Å². The molecule has 12 heteroatoms. The highest BCUT2D eigenvalue weighted by Crippen LogP contribution is 2.44. The molecule has 2 bridgehead atoms. The number of para-hydroxylation sites is 1. The standard InChI is InChI=1S/C31H26F6N4O2/c1-2-16-15-41-10-8-17(16)11-24(41)25(22-7-9-38-23-6-4-3-5-21(22)23)40-27-26(28(42)29(27)43)39-20-13-18(30(32,33)34)12-19(14-20)31(35,36)37/h2-7,9,12-14,16-17,24-25,39-40H,1,8,10-11,15H2/t16?,17-,24+,25+/m0/s1. The van der Waals surface area contributed by atoms with Crippen molar-refractivity contribution in [1.82, 2.24) is 9.88 Å². The minimum absolute atomic E-state index is 0.000122.